The summed E-state index contributed by atoms with van der Waals surface area (Å²) in [6, 6.07) is 12.8. The number of nitriles is 1. The summed E-state index contributed by atoms with van der Waals surface area (Å²) in [6.45, 7) is 6.24. The average Bonchev–Trinajstić information content (AvgIpc) is 2.30. The van der Waals surface area contributed by atoms with Crippen LogP contribution in [0.3, 0.4) is 0 Å². The lowest BCUT2D eigenvalue weighted by molar-refractivity contribution is 0.221. The van der Waals surface area contributed by atoms with Gasteiger partial charge in [-0.15, -0.1) is 0 Å². The summed E-state index contributed by atoms with van der Waals surface area (Å²) in [5.74, 6) is 0. The molecule has 0 heterocycles. The zero-order valence-electron chi connectivity index (χ0n) is 9.48. The molecule has 0 N–H and O–H groups in total. The zero-order valence-corrected chi connectivity index (χ0v) is 9.48. The summed E-state index contributed by atoms with van der Waals surface area (Å²) >= 11 is 0. The minimum absolute atomic E-state index is 0.242. The second kappa shape index (κ2) is 6.21. The molecule has 0 aliphatic carbocycles. The normalized spacial score (nSPS) is 12.4. The van der Waals surface area contributed by atoms with Crippen molar-refractivity contribution in [1.82, 2.24) is 4.90 Å². The molecule has 0 radical (unpaired) electrons. The summed E-state index contributed by atoms with van der Waals surface area (Å²) in [7, 11) is 0. The first-order chi connectivity index (χ1) is 7.33. The van der Waals surface area contributed by atoms with Crippen LogP contribution in [0.4, 0.5) is 0 Å². The van der Waals surface area contributed by atoms with Crippen molar-refractivity contribution in [3.05, 3.63) is 35.9 Å². The fourth-order valence-electron chi connectivity index (χ4n) is 1.88. The van der Waals surface area contributed by atoms with Gasteiger partial charge < -0.3 is 0 Å². The van der Waals surface area contributed by atoms with E-state index in [1.807, 2.05) is 18.2 Å². The van der Waals surface area contributed by atoms with Crippen LogP contribution in [0.5, 0.6) is 0 Å². The van der Waals surface area contributed by atoms with Crippen molar-refractivity contribution in [2.75, 3.05) is 13.1 Å². The first kappa shape index (κ1) is 11.7. The van der Waals surface area contributed by atoms with Crippen molar-refractivity contribution in [1.29, 1.82) is 5.26 Å². The third-order valence-electron chi connectivity index (χ3n) is 2.72. The van der Waals surface area contributed by atoms with Gasteiger partial charge in [0, 0.05) is 6.04 Å². The molecular formula is C13H18N2. The predicted molar refractivity (Wildman–Crippen MR) is 62.3 cm³/mol. The second-order valence-corrected chi connectivity index (χ2v) is 3.51. The van der Waals surface area contributed by atoms with E-state index in [9.17, 15) is 0 Å². The zero-order chi connectivity index (χ0) is 11.1. The molecule has 1 atom stereocenters. The molecule has 0 aliphatic rings. The van der Waals surface area contributed by atoms with E-state index in [0.717, 1.165) is 13.1 Å². The van der Waals surface area contributed by atoms with E-state index in [1.165, 1.54) is 5.56 Å². The maximum absolute atomic E-state index is 8.86. The summed E-state index contributed by atoms with van der Waals surface area (Å²) in [5.41, 5.74) is 1.24. The average molecular weight is 202 g/mol. The third-order valence-corrected chi connectivity index (χ3v) is 2.72. The molecule has 1 aromatic carbocycles. The standard InChI is InChI=1S/C13H18N2/c1-3-15(4-2)13(10-11-14)12-8-6-5-7-9-12/h5-9,13H,3-4,10H2,1-2H3. The lowest BCUT2D eigenvalue weighted by atomic mass is 10.0. The number of nitrogens with zero attached hydrogens (tertiary/aromatic N) is 2. The molecule has 2 heteroatoms. The molecule has 15 heavy (non-hydrogen) atoms. The van der Waals surface area contributed by atoms with Crippen LogP contribution >= 0.6 is 0 Å². The Hall–Kier alpha value is -1.33. The van der Waals surface area contributed by atoms with Gasteiger partial charge in [0.25, 0.3) is 0 Å². The fourth-order valence-corrected chi connectivity index (χ4v) is 1.88. The van der Waals surface area contributed by atoms with E-state index in [-0.39, 0.29) is 6.04 Å². The van der Waals surface area contributed by atoms with E-state index in [2.05, 4.69) is 36.9 Å². The van der Waals surface area contributed by atoms with E-state index in [1.54, 1.807) is 0 Å². The van der Waals surface area contributed by atoms with Gasteiger partial charge >= 0.3 is 0 Å². The highest BCUT2D eigenvalue weighted by molar-refractivity contribution is 5.20. The topological polar surface area (TPSA) is 27.0 Å². The Labute approximate surface area is 92.1 Å². The molecule has 0 amide bonds. The van der Waals surface area contributed by atoms with Gasteiger partial charge in [-0.05, 0) is 18.7 Å². The van der Waals surface area contributed by atoms with Gasteiger partial charge in [0.1, 0.15) is 0 Å². The fraction of sp³-hybridized carbons (Fsp3) is 0.462. The van der Waals surface area contributed by atoms with Crippen molar-refractivity contribution in [3.8, 4) is 6.07 Å². The Morgan fingerprint density at radius 2 is 1.80 bits per heavy atom. The molecule has 0 spiro atoms. The molecule has 0 bridgehead atoms. The quantitative estimate of drug-likeness (QED) is 0.734. The minimum atomic E-state index is 0.242. The molecule has 0 saturated carbocycles. The predicted octanol–water partition coefficient (Wildman–Crippen LogP) is 2.98. The number of hydrogen-bond acceptors (Lipinski definition) is 2. The Kier molecular flexibility index (Phi) is 4.86. The molecule has 1 unspecified atom stereocenters. The van der Waals surface area contributed by atoms with Gasteiger partial charge in [-0.3, -0.25) is 4.90 Å². The van der Waals surface area contributed by atoms with Gasteiger partial charge in [-0.1, -0.05) is 44.2 Å². The molecule has 80 valence electrons. The van der Waals surface area contributed by atoms with Crippen LogP contribution in [-0.4, -0.2) is 18.0 Å². The number of rotatable bonds is 5. The van der Waals surface area contributed by atoms with Crippen molar-refractivity contribution in [2.45, 2.75) is 26.3 Å². The second-order valence-electron chi connectivity index (χ2n) is 3.51. The van der Waals surface area contributed by atoms with E-state index < -0.39 is 0 Å². The van der Waals surface area contributed by atoms with Crippen LogP contribution in [0.15, 0.2) is 30.3 Å². The molecule has 0 aromatic heterocycles. The summed E-state index contributed by atoms with van der Waals surface area (Å²) in [5, 5.41) is 8.86. The first-order valence-corrected chi connectivity index (χ1v) is 5.49. The number of benzene rings is 1. The summed E-state index contributed by atoms with van der Waals surface area (Å²) < 4.78 is 0. The van der Waals surface area contributed by atoms with E-state index >= 15 is 0 Å². The Morgan fingerprint density at radius 1 is 1.20 bits per heavy atom. The summed E-state index contributed by atoms with van der Waals surface area (Å²) in [6.07, 6.45) is 0.561. The largest absolute Gasteiger partial charge is 0.296 e. The smallest absolute Gasteiger partial charge is 0.0641 e. The molecular weight excluding hydrogens is 184 g/mol. The molecule has 0 fully saturated rings. The van der Waals surface area contributed by atoms with Crippen LogP contribution in [-0.2, 0) is 0 Å². The van der Waals surface area contributed by atoms with Gasteiger partial charge in [0.15, 0.2) is 0 Å². The van der Waals surface area contributed by atoms with Crippen LogP contribution in [0.25, 0.3) is 0 Å². The van der Waals surface area contributed by atoms with Crippen LogP contribution in [0.2, 0.25) is 0 Å². The van der Waals surface area contributed by atoms with Crippen LogP contribution in [0, 0.1) is 11.3 Å². The van der Waals surface area contributed by atoms with Gasteiger partial charge in [-0.2, -0.15) is 5.26 Å². The van der Waals surface area contributed by atoms with E-state index in [0.29, 0.717) is 6.42 Å². The molecule has 1 aromatic rings. The molecule has 2 nitrogen and oxygen atoms in total. The van der Waals surface area contributed by atoms with Crippen LogP contribution in [0.1, 0.15) is 31.9 Å². The minimum Gasteiger partial charge on any atom is -0.296 e. The lowest BCUT2D eigenvalue weighted by Gasteiger charge is -2.28. The maximum Gasteiger partial charge on any atom is 0.0641 e. The highest BCUT2D eigenvalue weighted by Crippen LogP contribution is 2.23. The van der Waals surface area contributed by atoms with E-state index in [4.69, 9.17) is 5.26 Å². The van der Waals surface area contributed by atoms with Crippen molar-refractivity contribution >= 4 is 0 Å². The van der Waals surface area contributed by atoms with Crippen molar-refractivity contribution < 1.29 is 0 Å². The monoisotopic (exact) mass is 202 g/mol. The Morgan fingerprint density at radius 3 is 2.27 bits per heavy atom. The Bertz CT molecular complexity index is 309. The molecule has 0 saturated heterocycles. The summed E-state index contributed by atoms with van der Waals surface area (Å²) in [4.78, 5) is 2.32. The first-order valence-electron chi connectivity index (χ1n) is 5.49. The molecule has 0 aliphatic heterocycles. The maximum atomic E-state index is 8.86. The van der Waals surface area contributed by atoms with Gasteiger partial charge in [-0.25, -0.2) is 0 Å². The number of hydrogen-bond donors (Lipinski definition) is 0. The highest BCUT2D eigenvalue weighted by atomic mass is 15.1. The van der Waals surface area contributed by atoms with Crippen LogP contribution < -0.4 is 0 Å². The van der Waals surface area contributed by atoms with Gasteiger partial charge in [0.2, 0.25) is 0 Å². The third kappa shape index (κ3) is 3.07. The SMILES string of the molecule is CCN(CC)C(CC#N)c1ccccc1. The van der Waals surface area contributed by atoms with Crippen molar-refractivity contribution in [2.24, 2.45) is 0 Å². The molecule has 1 rings (SSSR count). The van der Waals surface area contributed by atoms with Gasteiger partial charge in [0.05, 0.1) is 12.5 Å². The Balaban J connectivity index is 2.88. The highest BCUT2D eigenvalue weighted by Gasteiger charge is 2.16. The van der Waals surface area contributed by atoms with Crippen molar-refractivity contribution in [3.63, 3.8) is 0 Å². The lowest BCUT2D eigenvalue weighted by Crippen LogP contribution is -2.28.